The molecule has 1 saturated heterocycles. The lowest BCUT2D eigenvalue weighted by Gasteiger charge is -2.34. The molecule has 1 aromatic carbocycles. The minimum absolute atomic E-state index is 0.0137. The molecule has 0 radical (unpaired) electrons. The van der Waals surface area contributed by atoms with Crippen molar-refractivity contribution in [1.29, 1.82) is 5.41 Å². The lowest BCUT2D eigenvalue weighted by molar-refractivity contribution is -0.159. The summed E-state index contributed by atoms with van der Waals surface area (Å²) in [4.78, 5) is 170. The summed E-state index contributed by atoms with van der Waals surface area (Å²) in [5, 5.41) is 78.4. The van der Waals surface area contributed by atoms with Crippen molar-refractivity contribution in [3.05, 3.63) is 35.9 Å². The van der Waals surface area contributed by atoms with E-state index in [1.165, 1.54) is 44.2 Å². The smallest absolute Gasteiger partial charge is 0.331 e. The SMILES string of the molecule is CC[C@H](C)[C@@H]1NC(=O)[C@@H](CCCNC(=N)N)NC(=O)[C@H](CC(C)C)NC(=O)[C@H]([C@H](O)C(C)C)NC(=O)[C@@H](NC(=O)[C@H](CC(C)(C)C)NC(=O)[C@H](N)CC(C)C)[C@@H](c2ccccc2)OC(=O)[C@H](CO)NC(=O)[C@H]([C@H](O)C(N)=O)NC(=O)CNC(=O)[C@H]([C@H](C)O)NC1=O. The number of nitrogens with one attached hydrogen (secondary N) is 12. The molecule has 0 spiro atoms. The molecule has 0 aliphatic carbocycles. The van der Waals surface area contributed by atoms with Crippen LogP contribution in [0.25, 0.3) is 0 Å². The molecular weight excluding hydrogens is 1190 g/mol. The molecule has 512 valence electrons. The van der Waals surface area contributed by atoms with Gasteiger partial charge in [0.2, 0.25) is 65.0 Å². The van der Waals surface area contributed by atoms with Gasteiger partial charge in [-0.25, -0.2) is 4.79 Å². The van der Waals surface area contributed by atoms with Crippen LogP contribution in [0.1, 0.15) is 133 Å². The van der Waals surface area contributed by atoms with E-state index in [1.807, 2.05) is 24.5 Å². The molecule has 0 aromatic heterocycles. The van der Waals surface area contributed by atoms with Crippen molar-refractivity contribution in [2.75, 3.05) is 19.7 Å². The van der Waals surface area contributed by atoms with Crippen LogP contribution in [0.5, 0.6) is 0 Å². The van der Waals surface area contributed by atoms with E-state index in [0.717, 1.165) is 6.92 Å². The second-order valence-electron chi connectivity index (χ2n) is 25.2. The summed E-state index contributed by atoms with van der Waals surface area (Å²) in [5.41, 5.74) is 16.3. The molecule has 0 bridgehead atoms. The van der Waals surface area contributed by atoms with Gasteiger partial charge in [0, 0.05) is 6.54 Å². The number of rotatable bonds is 22. The van der Waals surface area contributed by atoms with Crippen LogP contribution in [0.2, 0.25) is 0 Å². The first kappa shape index (κ1) is 79.0. The standard InChI is InChI=1S/C59H99N15O17/c1-13-30(8)39-53(86)72-40(31(9)76)52(85)65-25-38(77)70-42(45(79)47(61)80)55(88)69-37(26-75)57(90)91-46(32-18-15-14-16-19-32)43(74-51(84)36(24-59(10,11)12)68-48(81)33(60)22-27(2)3)56(89)73-41(44(78)29(6)7)54(87)67-35(23-28(4)5)50(83)66-34(49(82)71-39)20-17-21-64-58(62)63/h14-16,18-19,27-31,33-37,39-46,75-76,78-79H,13,17,20-26,60H2,1-12H3,(H2,61,80)(H,65,85)(H,66,83)(H,67,87)(H,68,81)(H,69,88)(H,70,77)(H,71,82)(H,72,86)(H,73,89)(H,74,84)(H4,62,63,64)/t30-,31-,33+,34+,35-,36-,37-,39-,40-,41-,42-,43-,44+,45-,46+/m0/s1. The lowest BCUT2D eigenvalue weighted by Crippen LogP contribution is -2.64. The molecule has 11 amide bonds. The fourth-order valence-corrected chi connectivity index (χ4v) is 9.39. The lowest BCUT2D eigenvalue weighted by atomic mass is 9.87. The average molecular weight is 1290 g/mol. The number of nitrogens with two attached hydrogens (primary N) is 3. The van der Waals surface area contributed by atoms with E-state index >= 15 is 4.79 Å². The van der Waals surface area contributed by atoms with Gasteiger partial charge in [-0.05, 0) is 73.7 Å². The van der Waals surface area contributed by atoms with Gasteiger partial charge in [-0.15, -0.1) is 0 Å². The molecular formula is C59H99N15O17. The number of hydrogen-bond donors (Lipinski definition) is 19. The van der Waals surface area contributed by atoms with Gasteiger partial charge in [0.1, 0.15) is 48.3 Å². The van der Waals surface area contributed by atoms with Crippen molar-refractivity contribution in [1.82, 2.24) is 58.5 Å². The topological polar surface area (TPSA) is 529 Å². The van der Waals surface area contributed by atoms with Crippen LogP contribution >= 0.6 is 0 Å². The summed E-state index contributed by atoms with van der Waals surface area (Å²) in [6.07, 6.45) is -8.09. The molecule has 1 heterocycles. The Kier molecular flexibility index (Phi) is 32.4. The number of benzene rings is 1. The zero-order valence-corrected chi connectivity index (χ0v) is 54.0. The first-order chi connectivity index (χ1) is 42.3. The van der Waals surface area contributed by atoms with Crippen LogP contribution in [-0.2, 0) is 62.3 Å². The number of amides is 11. The van der Waals surface area contributed by atoms with Crippen molar-refractivity contribution in [3.8, 4) is 0 Å². The number of aliphatic hydroxyl groups is 4. The first-order valence-electron chi connectivity index (χ1n) is 30.4. The molecule has 22 N–H and O–H groups in total. The van der Waals surface area contributed by atoms with Gasteiger partial charge in [0.25, 0.3) is 0 Å². The fraction of sp³-hybridized carbons (Fsp3) is 0.678. The van der Waals surface area contributed by atoms with Crippen LogP contribution in [0.4, 0.5) is 0 Å². The number of primary amides is 1. The van der Waals surface area contributed by atoms with Crippen molar-refractivity contribution >= 4 is 76.9 Å². The summed E-state index contributed by atoms with van der Waals surface area (Å²) in [5.74, 6) is -17.1. The third-order valence-corrected chi connectivity index (χ3v) is 14.6. The Labute approximate surface area is 530 Å². The van der Waals surface area contributed by atoms with Gasteiger partial charge in [-0.2, -0.15) is 0 Å². The molecule has 32 nitrogen and oxygen atoms in total. The molecule has 2 rings (SSSR count). The second kappa shape index (κ2) is 37.3. The monoisotopic (exact) mass is 1290 g/mol. The van der Waals surface area contributed by atoms with E-state index in [9.17, 15) is 73.2 Å². The molecule has 0 unspecified atom stereocenters. The molecule has 1 aliphatic heterocycles. The highest BCUT2D eigenvalue weighted by atomic mass is 16.5. The molecule has 0 saturated carbocycles. The highest BCUT2D eigenvalue weighted by Crippen LogP contribution is 2.26. The number of cyclic esters (lactones) is 1. The Morgan fingerprint density at radius 2 is 1.24 bits per heavy atom. The minimum Gasteiger partial charge on any atom is -0.453 e. The minimum atomic E-state index is -2.58. The van der Waals surface area contributed by atoms with E-state index in [1.54, 1.807) is 48.5 Å². The maximum absolute atomic E-state index is 15.4. The first-order valence-corrected chi connectivity index (χ1v) is 30.4. The van der Waals surface area contributed by atoms with Gasteiger partial charge >= 0.3 is 5.97 Å². The molecule has 32 heteroatoms. The molecule has 91 heavy (non-hydrogen) atoms. The highest BCUT2D eigenvalue weighted by Gasteiger charge is 2.44. The molecule has 15 atom stereocenters. The Bertz CT molecular complexity index is 2680. The van der Waals surface area contributed by atoms with Crippen LogP contribution in [0.3, 0.4) is 0 Å². The van der Waals surface area contributed by atoms with Crippen molar-refractivity contribution in [2.45, 2.75) is 206 Å². The summed E-state index contributed by atoms with van der Waals surface area (Å²) in [6.45, 7) is 17.2. The Morgan fingerprint density at radius 1 is 0.692 bits per heavy atom. The maximum Gasteiger partial charge on any atom is 0.331 e. The predicted molar refractivity (Wildman–Crippen MR) is 330 cm³/mol. The predicted octanol–water partition coefficient (Wildman–Crippen LogP) is -4.83. The van der Waals surface area contributed by atoms with Crippen LogP contribution in [0, 0.1) is 34.5 Å². The largest absolute Gasteiger partial charge is 0.453 e. The van der Waals surface area contributed by atoms with E-state index < -0.39 is 192 Å². The quantitative estimate of drug-likeness (QED) is 0.0224. The highest BCUT2D eigenvalue weighted by molar-refractivity contribution is 6.00. The summed E-state index contributed by atoms with van der Waals surface area (Å²) in [6, 6.07) is -10.8. The van der Waals surface area contributed by atoms with Gasteiger partial charge in [0.15, 0.2) is 24.2 Å². The van der Waals surface area contributed by atoms with E-state index in [4.69, 9.17) is 27.3 Å². The molecule has 1 fully saturated rings. The Balaban J connectivity index is 3.15. The zero-order chi connectivity index (χ0) is 69.4. The van der Waals surface area contributed by atoms with E-state index in [0.29, 0.717) is 0 Å². The van der Waals surface area contributed by atoms with Crippen molar-refractivity contribution in [2.24, 2.45) is 46.3 Å². The fourth-order valence-electron chi connectivity index (χ4n) is 9.39. The van der Waals surface area contributed by atoms with Crippen molar-refractivity contribution in [3.63, 3.8) is 0 Å². The van der Waals surface area contributed by atoms with Crippen LogP contribution < -0.4 is 75.7 Å². The number of carbonyl (C=O) groups is 12. The summed E-state index contributed by atoms with van der Waals surface area (Å²) >= 11 is 0. The van der Waals surface area contributed by atoms with E-state index in [-0.39, 0.29) is 62.5 Å². The Hall–Kier alpha value is -8.07. The normalized spacial score (nSPS) is 24.7. The van der Waals surface area contributed by atoms with Crippen LogP contribution in [-0.4, -0.2) is 196 Å². The average Bonchev–Trinajstić information content (AvgIpc) is 1.10. The number of ether oxygens (including phenoxy) is 1. The number of aliphatic hydroxyl groups excluding tert-OH is 4. The summed E-state index contributed by atoms with van der Waals surface area (Å²) in [7, 11) is 0. The Morgan fingerprint density at radius 3 is 1.77 bits per heavy atom. The van der Waals surface area contributed by atoms with Crippen molar-refractivity contribution < 1.29 is 82.7 Å². The summed E-state index contributed by atoms with van der Waals surface area (Å²) < 4.78 is 5.94. The van der Waals surface area contributed by atoms with Gasteiger partial charge < -0.3 is 101 Å². The third-order valence-electron chi connectivity index (χ3n) is 14.6. The second-order valence-corrected chi connectivity index (χ2v) is 25.2. The molecule has 1 aliphatic rings. The third kappa shape index (κ3) is 26.4. The maximum atomic E-state index is 15.4. The number of hydrogen-bond acceptors (Lipinski definition) is 19. The van der Waals surface area contributed by atoms with E-state index in [2.05, 4.69) is 47.9 Å². The number of esters is 1. The molecule has 1 aromatic rings. The van der Waals surface area contributed by atoms with Gasteiger partial charge in [-0.3, -0.25) is 58.1 Å². The number of guanidine groups is 1. The van der Waals surface area contributed by atoms with Crippen LogP contribution in [0.15, 0.2) is 30.3 Å². The van der Waals surface area contributed by atoms with Gasteiger partial charge in [0.05, 0.1) is 31.4 Å². The van der Waals surface area contributed by atoms with Gasteiger partial charge in [-0.1, -0.05) is 113 Å². The zero-order valence-electron chi connectivity index (χ0n) is 54.0. The number of carbonyl (C=O) groups excluding carboxylic acids is 12.